The van der Waals surface area contributed by atoms with Crippen molar-refractivity contribution in [1.29, 1.82) is 0 Å². The second kappa shape index (κ2) is 8.37. The maximum Gasteiger partial charge on any atom is 0.266 e. The number of imide groups is 1. The van der Waals surface area contributed by atoms with Gasteiger partial charge in [0, 0.05) is 34.3 Å². The highest BCUT2D eigenvalue weighted by Crippen LogP contribution is 2.30. The van der Waals surface area contributed by atoms with Gasteiger partial charge in [-0.25, -0.2) is 14.9 Å². The fourth-order valence-corrected chi connectivity index (χ4v) is 4.34. The second-order valence-corrected chi connectivity index (χ2v) is 8.62. The van der Waals surface area contributed by atoms with Crippen LogP contribution in [0.3, 0.4) is 0 Å². The van der Waals surface area contributed by atoms with Crippen LogP contribution in [0.5, 0.6) is 0 Å². The lowest BCUT2D eigenvalue weighted by atomic mass is 10.1. The van der Waals surface area contributed by atoms with Crippen LogP contribution in [0.1, 0.15) is 41.4 Å². The zero-order chi connectivity index (χ0) is 22.9. The summed E-state index contributed by atoms with van der Waals surface area (Å²) in [5.74, 6) is -1.82. The third-order valence-corrected chi connectivity index (χ3v) is 6.22. The summed E-state index contributed by atoms with van der Waals surface area (Å²) in [5.41, 5.74) is 1.25. The van der Waals surface area contributed by atoms with Gasteiger partial charge in [0.15, 0.2) is 10.3 Å². The average molecular weight is 476 g/mol. The quantitative estimate of drug-likeness (QED) is 0.422. The Morgan fingerprint density at radius 3 is 1.85 bits per heavy atom. The number of fused-ring (bicyclic) bond motifs is 1. The van der Waals surface area contributed by atoms with E-state index in [2.05, 4.69) is 20.6 Å². The molecule has 2 aromatic carbocycles. The normalized spacial score (nSPS) is 12.5. The van der Waals surface area contributed by atoms with E-state index in [1.807, 2.05) is 0 Å². The maximum absolute atomic E-state index is 13.0. The van der Waals surface area contributed by atoms with Crippen molar-refractivity contribution < 1.29 is 19.2 Å². The molecule has 33 heavy (non-hydrogen) atoms. The molecule has 0 fully saturated rings. The lowest BCUT2D eigenvalue weighted by Crippen LogP contribution is -2.29. The zero-order valence-corrected chi connectivity index (χ0v) is 18.3. The lowest BCUT2D eigenvalue weighted by Gasteiger charge is -2.14. The van der Waals surface area contributed by atoms with Crippen LogP contribution in [0.15, 0.2) is 65.6 Å². The minimum atomic E-state index is -0.543. The summed E-state index contributed by atoms with van der Waals surface area (Å²) >= 11 is 2.57. The first-order valence-electron chi connectivity index (χ1n) is 9.56. The molecule has 2 N–H and O–H groups in total. The molecule has 3 heterocycles. The fourth-order valence-electron chi connectivity index (χ4n) is 3.29. The molecule has 0 spiro atoms. The molecule has 0 saturated heterocycles. The highest BCUT2D eigenvalue weighted by molar-refractivity contribution is 7.14. The summed E-state index contributed by atoms with van der Waals surface area (Å²) in [5, 5.41) is 9.70. The van der Waals surface area contributed by atoms with E-state index in [0.717, 1.165) is 4.90 Å². The standard InChI is InChI=1S/C22H13N5O4S2/c28-17(25-21-23-7-9-32-21)12-1-4-14(5-2-12)27-19(30)15-6-3-13(11-16(15)20(27)31)18(29)26-22-24-8-10-33-22/h1-11H,(H,23,25,28)(H,24,26,29). The van der Waals surface area contributed by atoms with E-state index < -0.39 is 17.7 Å². The van der Waals surface area contributed by atoms with Gasteiger partial charge in [-0.15, -0.1) is 22.7 Å². The van der Waals surface area contributed by atoms with E-state index in [1.165, 1.54) is 65.1 Å². The summed E-state index contributed by atoms with van der Waals surface area (Å²) in [6.45, 7) is 0. The largest absolute Gasteiger partial charge is 0.298 e. The Morgan fingerprint density at radius 1 is 0.727 bits per heavy atom. The monoisotopic (exact) mass is 475 g/mol. The molecule has 0 atom stereocenters. The van der Waals surface area contributed by atoms with E-state index in [0.29, 0.717) is 21.5 Å². The summed E-state index contributed by atoms with van der Waals surface area (Å²) in [6.07, 6.45) is 3.15. The summed E-state index contributed by atoms with van der Waals surface area (Å²) in [4.78, 5) is 59.7. The summed E-state index contributed by atoms with van der Waals surface area (Å²) in [7, 11) is 0. The Kier molecular flexibility index (Phi) is 5.24. The minimum Gasteiger partial charge on any atom is -0.298 e. The average Bonchev–Trinajstić information content (AvgIpc) is 3.57. The number of nitrogens with one attached hydrogen (secondary N) is 2. The molecule has 0 aliphatic carbocycles. The minimum absolute atomic E-state index is 0.136. The molecule has 1 aliphatic rings. The molecule has 0 radical (unpaired) electrons. The highest BCUT2D eigenvalue weighted by atomic mass is 32.1. The van der Waals surface area contributed by atoms with E-state index >= 15 is 0 Å². The van der Waals surface area contributed by atoms with Crippen LogP contribution >= 0.6 is 22.7 Å². The topological polar surface area (TPSA) is 121 Å². The predicted octanol–water partition coefficient (Wildman–Crippen LogP) is 3.90. The van der Waals surface area contributed by atoms with Crippen molar-refractivity contribution in [3.63, 3.8) is 0 Å². The molecule has 4 aromatic rings. The Balaban J connectivity index is 1.35. The van der Waals surface area contributed by atoms with Crippen LogP contribution < -0.4 is 15.5 Å². The van der Waals surface area contributed by atoms with Gasteiger partial charge in [0.05, 0.1) is 16.8 Å². The van der Waals surface area contributed by atoms with E-state index in [-0.39, 0.29) is 22.6 Å². The summed E-state index contributed by atoms with van der Waals surface area (Å²) < 4.78 is 0. The lowest BCUT2D eigenvalue weighted by molar-refractivity contribution is 0.0924. The Bertz CT molecular complexity index is 1380. The number of aromatic nitrogens is 2. The Hall–Kier alpha value is -4.22. The molecule has 0 unspecified atom stereocenters. The first kappa shape index (κ1) is 20.7. The molecule has 9 nitrogen and oxygen atoms in total. The van der Waals surface area contributed by atoms with Gasteiger partial charge in [-0.2, -0.15) is 0 Å². The number of carbonyl (C=O) groups excluding carboxylic acids is 4. The number of anilines is 3. The van der Waals surface area contributed by atoms with Crippen LogP contribution in [0.2, 0.25) is 0 Å². The predicted molar refractivity (Wildman–Crippen MR) is 124 cm³/mol. The number of carbonyl (C=O) groups is 4. The maximum atomic E-state index is 13.0. The summed E-state index contributed by atoms with van der Waals surface area (Å²) in [6, 6.07) is 10.4. The van der Waals surface area contributed by atoms with Crippen LogP contribution in [0.4, 0.5) is 16.0 Å². The fraction of sp³-hybridized carbons (Fsp3) is 0. The Morgan fingerprint density at radius 2 is 1.27 bits per heavy atom. The third-order valence-electron chi connectivity index (χ3n) is 4.84. The first-order valence-corrected chi connectivity index (χ1v) is 11.3. The number of rotatable bonds is 5. The molecule has 5 rings (SSSR count). The van der Waals surface area contributed by atoms with Gasteiger partial charge in [0.2, 0.25) is 0 Å². The SMILES string of the molecule is O=C(Nc1nccs1)c1ccc(N2C(=O)c3ccc(C(=O)Nc4nccs4)cc3C2=O)cc1. The van der Waals surface area contributed by atoms with Crippen molar-refractivity contribution in [2.24, 2.45) is 0 Å². The number of amides is 4. The van der Waals surface area contributed by atoms with Crippen molar-refractivity contribution in [3.05, 3.63) is 87.9 Å². The molecule has 0 bridgehead atoms. The van der Waals surface area contributed by atoms with Crippen molar-refractivity contribution >= 4 is 62.3 Å². The number of hydrogen-bond acceptors (Lipinski definition) is 8. The van der Waals surface area contributed by atoms with E-state index in [9.17, 15) is 19.2 Å². The highest BCUT2D eigenvalue weighted by Gasteiger charge is 2.37. The van der Waals surface area contributed by atoms with Crippen LogP contribution in [-0.4, -0.2) is 33.6 Å². The van der Waals surface area contributed by atoms with Crippen LogP contribution in [0.25, 0.3) is 0 Å². The molecule has 4 amide bonds. The first-order chi connectivity index (χ1) is 16.0. The third kappa shape index (κ3) is 3.90. The smallest absolute Gasteiger partial charge is 0.266 e. The van der Waals surface area contributed by atoms with E-state index in [1.54, 1.807) is 23.2 Å². The second-order valence-electron chi connectivity index (χ2n) is 6.84. The van der Waals surface area contributed by atoms with Gasteiger partial charge in [-0.05, 0) is 42.5 Å². The van der Waals surface area contributed by atoms with Crippen molar-refractivity contribution in [3.8, 4) is 0 Å². The number of benzene rings is 2. The van der Waals surface area contributed by atoms with Crippen LogP contribution in [0, 0.1) is 0 Å². The molecule has 1 aliphatic heterocycles. The van der Waals surface area contributed by atoms with Gasteiger partial charge >= 0.3 is 0 Å². The van der Waals surface area contributed by atoms with Gasteiger partial charge in [-0.1, -0.05) is 0 Å². The molecular formula is C22H13N5O4S2. The molecule has 162 valence electrons. The van der Waals surface area contributed by atoms with Gasteiger partial charge in [0.25, 0.3) is 23.6 Å². The van der Waals surface area contributed by atoms with E-state index in [4.69, 9.17) is 0 Å². The van der Waals surface area contributed by atoms with Crippen molar-refractivity contribution in [1.82, 2.24) is 9.97 Å². The van der Waals surface area contributed by atoms with Crippen molar-refractivity contribution in [2.45, 2.75) is 0 Å². The van der Waals surface area contributed by atoms with Gasteiger partial charge < -0.3 is 0 Å². The zero-order valence-electron chi connectivity index (χ0n) is 16.6. The number of hydrogen-bond donors (Lipinski definition) is 2. The molecular weight excluding hydrogens is 462 g/mol. The number of thiazole rings is 2. The van der Waals surface area contributed by atoms with Gasteiger partial charge in [-0.3, -0.25) is 29.8 Å². The van der Waals surface area contributed by atoms with Crippen molar-refractivity contribution in [2.75, 3.05) is 15.5 Å². The molecule has 2 aromatic heterocycles. The number of nitrogens with zero attached hydrogens (tertiary/aromatic N) is 3. The van der Waals surface area contributed by atoms with Gasteiger partial charge in [0.1, 0.15) is 0 Å². The Labute approximate surface area is 194 Å². The van der Waals surface area contributed by atoms with Crippen LogP contribution in [-0.2, 0) is 0 Å². The molecule has 0 saturated carbocycles. The molecule has 11 heteroatoms.